The van der Waals surface area contributed by atoms with Gasteiger partial charge in [0.05, 0.1) is 0 Å². The molecule has 5 heteroatoms. The van der Waals surface area contributed by atoms with E-state index in [-0.39, 0.29) is 5.54 Å². The molecule has 0 rings (SSSR count). The fraction of sp³-hybridized carbons (Fsp3) is 1.00. The normalized spacial score (nSPS) is 9.33. The monoisotopic (exact) mass is 136 g/mol. The molecule has 0 saturated heterocycles. The van der Waals surface area contributed by atoms with Crippen molar-refractivity contribution in [2.45, 2.75) is 26.3 Å². The van der Waals surface area contributed by atoms with E-state index in [4.69, 9.17) is 21.1 Å². The molecular formula is C4H12N2O3. The van der Waals surface area contributed by atoms with Crippen LogP contribution < -0.4 is 5.73 Å². The van der Waals surface area contributed by atoms with Gasteiger partial charge in [-0.25, -0.2) is 0 Å². The van der Waals surface area contributed by atoms with Crippen molar-refractivity contribution in [3.63, 3.8) is 0 Å². The van der Waals surface area contributed by atoms with Gasteiger partial charge in [0.1, 0.15) is 0 Å². The zero-order valence-electron chi connectivity index (χ0n) is 5.79. The van der Waals surface area contributed by atoms with Gasteiger partial charge in [0.15, 0.2) is 0 Å². The van der Waals surface area contributed by atoms with Gasteiger partial charge in [-0.2, -0.15) is 0 Å². The van der Waals surface area contributed by atoms with Crippen LogP contribution in [-0.4, -0.2) is 15.8 Å². The summed E-state index contributed by atoms with van der Waals surface area (Å²) in [6.45, 7) is 5.90. The van der Waals surface area contributed by atoms with Crippen LogP contribution in [0.4, 0.5) is 0 Å². The van der Waals surface area contributed by atoms with Gasteiger partial charge in [-0.3, -0.25) is 0 Å². The molecule has 0 amide bonds. The molecule has 3 N–H and O–H groups in total. The van der Waals surface area contributed by atoms with E-state index in [9.17, 15) is 0 Å². The van der Waals surface area contributed by atoms with E-state index in [0.717, 1.165) is 0 Å². The second kappa shape index (κ2) is 4.08. The van der Waals surface area contributed by atoms with Gasteiger partial charge in [0, 0.05) is 5.54 Å². The molecule has 0 bridgehead atoms. The first-order valence-electron chi connectivity index (χ1n) is 2.35. The van der Waals surface area contributed by atoms with Crippen molar-refractivity contribution in [2.24, 2.45) is 5.73 Å². The highest BCUT2D eigenvalue weighted by Gasteiger charge is 1.95. The van der Waals surface area contributed by atoms with Crippen molar-refractivity contribution in [2.75, 3.05) is 0 Å². The molecule has 0 aliphatic heterocycles. The zero-order valence-corrected chi connectivity index (χ0v) is 5.79. The van der Waals surface area contributed by atoms with Gasteiger partial charge < -0.3 is 10.9 Å². The van der Waals surface area contributed by atoms with Gasteiger partial charge in [-0.05, 0) is 20.8 Å². The molecule has 0 aliphatic rings. The van der Waals surface area contributed by atoms with Crippen LogP contribution >= 0.6 is 0 Å². The quantitative estimate of drug-likeness (QED) is 0.372. The fourth-order valence-corrected chi connectivity index (χ4v) is 0. The van der Waals surface area contributed by atoms with E-state index in [1.54, 1.807) is 0 Å². The largest absolute Gasteiger partial charge is 0.328 e. The molecule has 0 atom stereocenters. The Bertz CT molecular complexity index is 76.3. The molecule has 0 spiro atoms. The molecule has 0 radical (unpaired) electrons. The first-order chi connectivity index (χ1) is 3.73. The topological polar surface area (TPSA) is 89.4 Å². The lowest BCUT2D eigenvalue weighted by atomic mass is 10.1. The summed E-state index contributed by atoms with van der Waals surface area (Å²) < 4.78 is 0. The maximum absolute atomic E-state index is 8.36. The molecule has 0 heterocycles. The highest BCUT2D eigenvalue weighted by Crippen LogP contribution is 1.88. The third-order valence-corrected chi connectivity index (χ3v) is 0. The Hall–Kier alpha value is -0.840. The molecule has 0 unspecified atom stereocenters. The minimum Gasteiger partial charge on any atom is -0.328 e. The molecule has 0 fully saturated rings. The van der Waals surface area contributed by atoms with Crippen LogP contribution in [0.15, 0.2) is 0 Å². The lowest BCUT2D eigenvalue weighted by molar-refractivity contribution is -0.742. The van der Waals surface area contributed by atoms with Crippen LogP contribution in [0.3, 0.4) is 0 Å². The molecule has 5 nitrogen and oxygen atoms in total. The third kappa shape index (κ3) is 270. The zero-order chi connectivity index (χ0) is 8.08. The fourth-order valence-electron chi connectivity index (χ4n) is 0. The maximum Gasteiger partial charge on any atom is 0.291 e. The average molecular weight is 136 g/mol. The maximum atomic E-state index is 8.36. The van der Waals surface area contributed by atoms with Crippen molar-refractivity contribution >= 4 is 0 Å². The first-order valence-corrected chi connectivity index (χ1v) is 2.35. The molecule has 0 aliphatic carbocycles. The van der Waals surface area contributed by atoms with Gasteiger partial charge in [0.25, 0.3) is 5.09 Å². The second-order valence-corrected chi connectivity index (χ2v) is 2.60. The van der Waals surface area contributed by atoms with Crippen LogP contribution in [-0.2, 0) is 0 Å². The Labute approximate surface area is 53.6 Å². The van der Waals surface area contributed by atoms with E-state index in [2.05, 4.69) is 0 Å². The standard InChI is InChI=1S/C4H11N.HNO3/c1-4(2,3)5;2-1(3)4/h5H2,1-3H3;(H,2,3,4). The van der Waals surface area contributed by atoms with E-state index < -0.39 is 5.09 Å². The summed E-state index contributed by atoms with van der Waals surface area (Å²) in [5.41, 5.74) is 5.35. The molecular weight excluding hydrogens is 124 g/mol. The predicted octanol–water partition coefficient (Wildman–Crippen LogP) is 0.396. The van der Waals surface area contributed by atoms with Crippen LogP contribution in [0, 0.1) is 10.1 Å². The number of nitrogens with zero attached hydrogens (tertiary/aromatic N) is 1. The molecule has 0 saturated carbocycles. The first kappa shape index (κ1) is 11.0. The van der Waals surface area contributed by atoms with E-state index in [1.807, 2.05) is 20.8 Å². The Morgan fingerprint density at radius 1 is 1.56 bits per heavy atom. The minimum absolute atomic E-state index is 0. The Morgan fingerprint density at radius 2 is 1.56 bits per heavy atom. The summed E-state index contributed by atoms with van der Waals surface area (Å²) in [5, 5.41) is 13.6. The highest BCUT2D eigenvalue weighted by atomic mass is 16.9. The lowest BCUT2D eigenvalue weighted by Crippen LogP contribution is -2.26. The van der Waals surface area contributed by atoms with Crippen molar-refractivity contribution in [3.05, 3.63) is 10.1 Å². The molecule has 9 heavy (non-hydrogen) atoms. The average Bonchev–Trinajstić information content (AvgIpc) is 1.19. The van der Waals surface area contributed by atoms with Crippen LogP contribution in [0.2, 0.25) is 0 Å². The van der Waals surface area contributed by atoms with Crippen LogP contribution in [0.25, 0.3) is 0 Å². The van der Waals surface area contributed by atoms with Crippen LogP contribution in [0.1, 0.15) is 20.8 Å². The minimum atomic E-state index is -1.50. The van der Waals surface area contributed by atoms with E-state index in [0.29, 0.717) is 0 Å². The van der Waals surface area contributed by atoms with Crippen molar-refractivity contribution in [1.82, 2.24) is 0 Å². The predicted molar refractivity (Wildman–Crippen MR) is 32.7 cm³/mol. The van der Waals surface area contributed by atoms with Gasteiger partial charge in [0.2, 0.25) is 0 Å². The van der Waals surface area contributed by atoms with E-state index >= 15 is 0 Å². The van der Waals surface area contributed by atoms with Crippen LogP contribution in [0.5, 0.6) is 0 Å². The molecule has 0 aromatic heterocycles. The summed E-state index contributed by atoms with van der Waals surface area (Å²) in [4.78, 5) is 8.36. The summed E-state index contributed by atoms with van der Waals surface area (Å²) in [7, 11) is 0. The molecule has 56 valence electrons. The number of hydrogen-bond acceptors (Lipinski definition) is 3. The van der Waals surface area contributed by atoms with Crippen molar-refractivity contribution in [3.8, 4) is 0 Å². The van der Waals surface area contributed by atoms with Gasteiger partial charge in [-0.1, -0.05) is 0 Å². The second-order valence-electron chi connectivity index (χ2n) is 2.60. The number of rotatable bonds is 0. The van der Waals surface area contributed by atoms with Crippen molar-refractivity contribution in [1.29, 1.82) is 0 Å². The Morgan fingerprint density at radius 3 is 1.56 bits per heavy atom. The van der Waals surface area contributed by atoms with Gasteiger partial charge >= 0.3 is 0 Å². The van der Waals surface area contributed by atoms with E-state index in [1.165, 1.54) is 0 Å². The smallest absolute Gasteiger partial charge is 0.291 e. The summed E-state index contributed by atoms with van der Waals surface area (Å²) in [6, 6.07) is 0. The molecule has 0 aromatic rings. The highest BCUT2D eigenvalue weighted by molar-refractivity contribution is 4.60. The number of hydrogen-bond donors (Lipinski definition) is 2. The number of nitrogens with two attached hydrogens (primary N) is 1. The summed E-state index contributed by atoms with van der Waals surface area (Å²) >= 11 is 0. The lowest BCUT2D eigenvalue weighted by Gasteiger charge is -2.06. The third-order valence-electron chi connectivity index (χ3n) is 0. The Kier molecular flexibility index (Phi) is 5.00. The van der Waals surface area contributed by atoms with Gasteiger partial charge in [-0.15, -0.1) is 10.1 Å². The SMILES string of the molecule is CC(C)(C)N.O=[N+]([O-])O. The Balaban J connectivity index is 0. The van der Waals surface area contributed by atoms with Crippen molar-refractivity contribution < 1.29 is 10.3 Å². The summed E-state index contributed by atoms with van der Waals surface area (Å²) in [5.74, 6) is 0. The molecule has 0 aromatic carbocycles. The summed E-state index contributed by atoms with van der Waals surface area (Å²) in [6.07, 6.45) is 0.